The molecule has 5 nitrogen and oxygen atoms in total. The van der Waals surface area contributed by atoms with Gasteiger partial charge in [0.2, 0.25) is 0 Å². The Balaban J connectivity index is 1.64. The summed E-state index contributed by atoms with van der Waals surface area (Å²) >= 11 is 0. The maximum absolute atomic E-state index is 12.2. The van der Waals surface area contributed by atoms with Crippen molar-refractivity contribution in [1.29, 1.82) is 0 Å². The Morgan fingerprint density at radius 2 is 2.00 bits per heavy atom. The Labute approximate surface area is 110 Å². The first kappa shape index (κ1) is 12.2. The molecule has 0 bridgehead atoms. The summed E-state index contributed by atoms with van der Waals surface area (Å²) in [6.45, 7) is 2.27. The van der Waals surface area contributed by atoms with E-state index in [1.807, 2.05) is 18.2 Å². The molecule has 100 valence electrons. The standard InChI is InChI=1S/C14H15NO4/c16-13(17)3-9-5-15(6-9)14(18)10-1-2-11-7-19-8-12(11)4-10/h1-2,4,9H,3,5-8H2,(H,16,17). The van der Waals surface area contributed by atoms with Crippen molar-refractivity contribution in [1.82, 2.24) is 4.90 Å². The number of aliphatic carboxylic acids is 1. The first-order chi connectivity index (χ1) is 9.13. The van der Waals surface area contributed by atoms with E-state index in [0.29, 0.717) is 31.9 Å². The minimum Gasteiger partial charge on any atom is -0.481 e. The number of likely N-dealkylation sites (tertiary alicyclic amines) is 1. The number of benzene rings is 1. The number of fused-ring (bicyclic) bond motifs is 1. The van der Waals surface area contributed by atoms with Gasteiger partial charge in [-0.3, -0.25) is 9.59 Å². The highest BCUT2D eigenvalue weighted by molar-refractivity contribution is 5.95. The number of carbonyl (C=O) groups is 2. The average Bonchev–Trinajstić information content (AvgIpc) is 2.79. The molecule has 2 heterocycles. The molecule has 3 rings (SSSR count). The number of hydrogen-bond acceptors (Lipinski definition) is 3. The van der Waals surface area contributed by atoms with Crippen LogP contribution in [-0.2, 0) is 22.7 Å². The summed E-state index contributed by atoms with van der Waals surface area (Å²) in [5.74, 6) is -0.720. The summed E-state index contributed by atoms with van der Waals surface area (Å²) in [4.78, 5) is 24.5. The van der Waals surface area contributed by atoms with Crippen molar-refractivity contribution in [3.8, 4) is 0 Å². The topological polar surface area (TPSA) is 66.8 Å². The molecular weight excluding hydrogens is 246 g/mol. The zero-order chi connectivity index (χ0) is 13.4. The largest absolute Gasteiger partial charge is 0.481 e. The third-order valence-corrected chi connectivity index (χ3v) is 3.68. The van der Waals surface area contributed by atoms with Crippen molar-refractivity contribution in [2.75, 3.05) is 13.1 Å². The van der Waals surface area contributed by atoms with E-state index in [2.05, 4.69) is 0 Å². The van der Waals surface area contributed by atoms with E-state index in [1.54, 1.807) is 4.90 Å². The number of nitrogens with zero attached hydrogens (tertiary/aromatic N) is 1. The van der Waals surface area contributed by atoms with E-state index < -0.39 is 5.97 Å². The maximum atomic E-state index is 12.2. The van der Waals surface area contributed by atoms with Crippen molar-refractivity contribution in [2.45, 2.75) is 19.6 Å². The molecule has 0 atom stereocenters. The van der Waals surface area contributed by atoms with Gasteiger partial charge in [-0.05, 0) is 23.3 Å². The summed E-state index contributed by atoms with van der Waals surface area (Å²) in [6.07, 6.45) is 0.141. The van der Waals surface area contributed by atoms with Gasteiger partial charge in [0.1, 0.15) is 0 Å². The molecule has 0 unspecified atom stereocenters. The predicted molar refractivity (Wildman–Crippen MR) is 66.6 cm³/mol. The van der Waals surface area contributed by atoms with Crippen LogP contribution in [0.2, 0.25) is 0 Å². The Morgan fingerprint density at radius 3 is 2.74 bits per heavy atom. The van der Waals surface area contributed by atoms with E-state index >= 15 is 0 Å². The number of carbonyl (C=O) groups excluding carboxylic acids is 1. The van der Waals surface area contributed by atoms with Crippen LogP contribution in [0.15, 0.2) is 18.2 Å². The van der Waals surface area contributed by atoms with Gasteiger partial charge in [-0.2, -0.15) is 0 Å². The van der Waals surface area contributed by atoms with Crippen molar-refractivity contribution < 1.29 is 19.4 Å². The molecule has 2 aliphatic rings. The van der Waals surface area contributed by atoms with Gasteiger partial charge >= 0.3 is 5.97 Å². The minimum absolute atomic E-state index is 0.0173. The quantitative estimate of drug-likeness (QED) is 0.889. The molecule has 1 amide bonds. The normalized spacial score (nSPS) is 18.0. The summed E-state index contributed by atoms with van der Waals surface area (Å²) in [6, 6.07) is 5.64. The predicted octanol–water partition coefficient (Wildman–Crippen LogP) is 1.26. The van der Waals surface area contributed by atoms with Crippen LogP contribution in [0.25, 0.3) is 0 Å². The molecule has 1 N–H and O–H groups in total. The number of carboxylic acids is 1. The second-order valence-corrected chi connectivity index (χ2v) is 5.15. The molecule has 5 heteroatoms. The van der Waals surface area contributed by atoms with Gasteiger partial charge in [-0.25, -0.2) is 0 Å². The van der Waals surface area contributed by atoms with Crippen molar-refractivity contribution >= 4 is 11.9 Å². The second-order valence-electron chi connectivity index (χ2n) is 5.15. The van der Waals surface area contributed by atoms with Gasteiger partial charge in [0.15, 0.2) is 0 Å². The van der Waals surface area contributed by atoms with Gasteiger partial charge < -0.3 is 14.7 Å². The zero-order valence-electron chi connectivity index (χ0n) is 10.5. The van der Waals surface area contributed by atoms with E-state index in [1.165, 1.54) is 0 Å². The van der Waals surface area contributed by atoms with Crippen LogP contribution >= 0.6 is 0 Å². The van der Waals surface area contributed by atoms with E-state index in [9.17, 15) is 9.59 Å². The molecule has 1 aromatic rings. The number of hydrogen-bond donors (Lipinski definition) is 1. The molecule has 0 aliphatic carbocycles. The number of rotatable bonds is 3. The van der Waals surface area contributed by atoms with Gasteiger partial charge in [0, 0.05) is 24.6 Å². The van der Waals surface area contributed by atoms with Crippen LogP contribution in [0.5, 0.6) is 0 Å². The first-order valence-corrected chi connectivity index (χ1v) is 6.34. The van der Waals surface area contributed by atoms with Crippen LogP contribution in [0.3, 0.4) is 0 Å². The van der Waals surface area contributed by atoms with Crippen molar-refractivity contribution in [3.05, 3.63) is 34.9 Å². The Morgan fingerprint density at radius 1 is 1.26 bits per heavy atom. The average molecular weight is 261 g/mol. The lowest BCUT2D eigenvalue weighted by Gasteiger charge is -2.38. The third kappa shape index (κ3) is 2.33. The van der Waals surface area contributed by atoms with Crippen LogP contribution < -0.4 is 0 Å². The first-order valence-electron chi connectivity index (χ1n) is 6.34. The number of ether oxygens (including phenoxy) is 1. The highest BCUT2D eigenvalue weighted by Crippen LogP contribution is 2.25. The molecule has 2 aliphatic heterocycles. The fraction of sp³-hybridized carbons (Fsp3) is 0.429. The smallest absolute Gasteiger partial charge is 0.303 e. The van der Waals surface area contributed by atoms with Crippen LogP contribution in [0.4, 0.5) is 0 Å². The Hall–Kier alpha value is -1.88. The fourth-order valence-corrected chi connectivity index (χ4v) is 2.60. The third-order valence-electron chi connectivity index (χ3n) is 3.68. The van der Waals surface area contributed by atoms with E-state index in [4.69, 9.17) is 9.84 Å². The van der Waals surface area contributed by atoms with Crippen molar-refractivity contribution in [3.63, 3.8) is 0 Å². The monoisotopic (exact) mass is 261 g/mol. The molecule has 0 saturated carbocycles. The summed E-state index contributed by atoms with van der Waals surface area (Å²) in [5, 5.41) is 8.68. The van der Waals surface area contributed by atoms with E-state index in [0.717, 1.165) is 11.1 Å². The lowest BCUT2D eigenvalue weighted by atomic mass is 9.95. The van der Waals surface area contributed by atoms with Crippen molar-refractivity contribution in [2.24, 2.45) is 5.92 Å². The summed E-state index contributed by atoms with van der Waals surface area (Å²) < 4.78 is 5.32. The zero-order valence-corrected chi connectivity index (χ0v) is 10.5. The molecule has 0 radical (unpaired) electrons. The molecule has 1 aromatic carbocycles. The van der Waals surface area contributed by atoms with Gasteiger partial charge in [-0.15, -0.1) is 0 Å². The second kappa shape index (κ2) is 4.66. The molecule has 1 fully saturated rings. The van der Waals surface area contributed by atoms with Crippen LogP contribution in [0, 0.1) is 5.92 Å². The van der Waals surface area contributed by atoms with Gasteiger partial charge in [-0.1, -0.05) is 6.07 Å². The number of carboxylic acid groups (broad SMARTS) is 1. The lowest BCUT2D eigenvalue weighted by molar-refractivity contribution is -0.139. The highest BCUT2D eigenvalue weighted by Gasteiger charge is 2.32. The van der Waals surface area contributed by atoms with Gasteiger partial charge in [0.05, 0.1) is 19.6 Å². The molecular formula is C14H15NO4. The van der Waals surface area contributed by atoms with Crippen LogP contribution in [-0.4, -0.2) is 35.0 Å². The maximum Gasteiger partial charge on any atom is 0.303 e. The highest BCUT2D eigenvalue weighted by atomic mass is 16.5. The Bertz CT molecular complexity index is 534. The number of amides is 1. The molecule has 1 saturated heterocycles. The molecule has 19 heavy (non-hydrogen) atoms. The molecule has 0 spiro atoms. The van der Waals surface area contributed by atoms with E-state index in [-0.39, 0.29) is 18.2 Å². The van der Waals surface area contributed by atoms with Crippen LogP contribution in [0.1, 0.15) is 27.9 Å². The molecule has 0 aromatic heterocycles. The summed E-state index contributed by atoms with van der Waals surface area (Å²) in [5.41, 5.74) is 2.88. The lowest BCUT2D eigenvalue weighted by Crippen LogP contribution is -2.50. The Kier molecular flexibility index (Phi) is 2.98. The van der Waals surface area contributed by atoms with Gasteiger partial charge in [0.25, 0.3) is 5.91 Å². The fourth-order valence-electron chi connectivity index (χ4n) is 2.60. The SMILES string of the molecule is O=C(O)CC1CN(C(=O)c2ccc3c(c2)COC3)C1. The minimum atomic E-state index is -0.799. The summed E-state index contributed by atoms with van der Waals surface area (Å²) in [7, 11) is 0.